The van der Waals surface area contributed by atoms with Gasteiger partial charge in [-0.1, -0.05) is 6.92 Å². The third-order valence-electron chi connectivity index (χ3n) is 2.41. The number of thiophene rings is 1. The molecule has 1 rings (SSSR count). The van der Waals surface area contributed by atoms with E-state index in [0.717, 1.165) is 0 Å². The van der Waals surface area contributed by atoms with E-state index in [1.807, 2.05) is 0 Å². The minimum absolute atomic E-state index is 0.131. The maximum Gasteiger partial charge on any atom is 0.308 e. The number of carboxylic acids is 1. The van der Waals surface area contributed by atoms with Crippen molar-refractivity contribution in [3.63, 3.8) is 0 Å². The molecule has 0 aliphatic carbocycles. The Morgan fingerprint density at radius 2 is 2.29 bits per heavy atom. The molecule has 0 bridgehead atoms. The molecular weight excluding hydrogens is 242 g/mol. The summed E-state index contributed by atoms with van der Waals surface area (Å²) in [7, 11) is 1.49. The lowest BCUT2D eigenvalue weighted by Gasteiger charge is -2.10. The molecule has 2 N–H and O–H groups in total. The number of rotatable bonds is 6. The monoisotopic (exact) mass is 257 g/mol. The highest BCUT2D eigenvalue weighted by molar-refractivity contribution is 7.12. The molecule has 0 aromatic carbocycles. The second-order valence-electron chi connectivity index (χ2n) is 3.47. The van der Waals surface area contributed by atoms with Gasteiger partial charge in [0.1, 0.15) is 10.6 Å². The van der Waals surface area contributed by atoms with Crippen LogP contribution in [0.4, 0.5) is 0 Å². The van der Waals surface area contributed by atoms with Crippen LogP contribution in [0.3, 0.4) is 0 Å². The van der Waals surface area contributed by atoms with Crippen LogP contribution in [0.2, 0.25) is 0 Å². The molecule has 1 atom stereocenters. The van der Waals surface area contributed by atoms with Crippen LogP contribution in [0.5, 0.6) is 5.75 Å². The van der Waals surface area contributed by atoms with Crippen molar-refractivity contribution in [1.29, 1.82) is 0 Å². The Labute approximate surface area is 103 Å². The average Bonchev–Trinajstić information content (AvgIpc) is 2.77. The fraction of sp³-hybridized carbons (Fsp3) is 0.455. The molecule has 0 radical (unpaired) electrons. The number of carbonyl (C=O) groups is 2. The van der Waals surface area contributed by atoms with E-state index in [1.165, 1.54) is 18.4 Å². The molecule has 5 nitrogen and oxygen atoms in total. The zero-order valence-corrected chi connectivity index (χ0v) is 10.5. The smallest absolute Gasteiger partial charge is 0.308 e. The van der Waals surface area contributed by atoms with Gasteiger partial charge in [0.15, 0.2) is 0 Å². The zero-order chi connectivity index (χ0) is 12.8. The molecule has 0 saturated carbocycles. The lowest BCUT2D eigenvalue weighted by molar-refractivity contribution is -0.141. The second-order valence-corrected chi connectivity index (χ2v) is 4.39. The van der Waals surface area contributed by atoms with Crippen molar-refractivity contribution < 1.29 is 19.4 Å². The van der Waals surface area contributed by atoms with Crippen LogP contribution in [-0.2, 0) is 4.79 Å². The van der Waals surface area contributed by atoms with E-state index in [9.17, 15) is 9.59 Å². The molecule has 17 heavy (non-hydrogen) atoms. The lowest BCUT2D eigenvalue weighted by atomic mass is 10.1. The summed E-state index contributed by atoms with van der Waals surface area (Å²) in [5.74, 6) is -1.23. The molecule has 0 fully saturated rings. The summed E-state index contributed by atoms with van der Waals surface area (Å²) in [5, 5.41) is 13.2. The molecule has 0 aliphatic rings. The Balaban J connectivity index is 2.58. The number of hydrogen-bond acceptors (Lipinski definition) is 4. The van der Waals surface area contributed by atoms with Gasteiger partial charge in [-0.2, -0.15) is 0 Å². The van der Waals surface area contributed by atoms with Gasteiger partial charge in [0.2, 0.25) is 0 Å². The molecule has 0 spiro atoms. The lowest BCUT2D eigenvalue weighted by Crippen LogP contribution is -2.32. The quantitative estimate of drug-likeness (QED) is 0.811. The van der Waals surface area contributed by atoms with Crippen LogP contribution in [0.1, 0.15) is 23.0 Å². The van der Waals surface area contributed by atoms with Crippen LogP contribution >= 0.6 is 11.3 Å². The SMILES string of the molecule is CCC(CNC(=O)c1sccc1OC)C(=O)O. The number of carboxylic acid groups (broad SMARTS) is 1. The van der Waals surface area contributed by atoms with Crippen LogP contribution in [0, 0.1) is 5.92 Å². The summed E-state index contributed by atoms with van der Waals surface area (Å²) >= 11 is 1.27. The first-order valence-electron chi connectivity index (χ1n) is 5.22. The van der Waals surface area contributed by atoms with Crippen LogP contribution < -0.4 is 10.1 Å². The number of ether oxygens (including phenoxy) is 1. The number of hydrogen-bond donors (Lipinski definition) is 2. The number of amides is 1. The van der Waals surface area contributed by atoms with Crippen molar-refractivity contribution in [3.8, 4) is 5.75 Å². The highest BCUT2D eigenvalue weighted by atomic mass is 32.1. The van der Waals surface area contributed by atoms with Crippen molar-refractivity contribution >= 4 is 23.2 Å². The Morgan fingerprint density at radius 3 is 2.82 bits per heavy atom. The van der Waals surface area contributed by atoms with Gasteiger partial charge < -0.3 is 15.2 Å². The third-order valence-corrected chi connectivity index (χ3v) is 3.30. The van der Waals surface area contributed by atoms with Crippen LogP contribution in [-0.4, -0.2) is 30.6 Å². The van der Waals surface area contributed by atoms with Crippen molar-refractivity contribution in [1.82, 2.24) is 5.32 Å². The molecule has 1 unspecified atom stereocenters. The molecule has 1 aromatic rings. The fourth-order valence-corrected chi connectivity index (χ4v) is 2.10. The van der Waals surface area contributed by atoms with Crippen LogP contribution in [0.25, 0.3) is 0 Å². The molecule has 0 saturated heterocycles. The van der Waals surface area contributed by atoms with Crippen molar-refractivity contribution in [2.45, 2.75) is 13.3 Å². The topological polar surface area (TPSA) is 75.6 Å². The summed E-state index contributed by atoms with van der Waals surface area (Å²) in [6.07, 6.45) is 0.483. The third kappa shape index (κ3) is 3.45. The highest BCUT2D eigenvalue weighted by Crippen LogP contribution is 2.24. The van der Waals surface area contributed by atoms with Gasteiger partial charge in [0.05, 0.1) is 13.0 Å². The molecule has 1 amide bonds. The predicted octanol–water partition coefficient (Wildman–Crippen LogP) is 1.60. The molecule has 94 valence electrons. The first kappa shape index (κ1) is 13.5. The predicted molar refractivity (Wildman–Crippen MR) is 64.6 cm³/mol. The van der Waals surface area contributed by atoms with Crippen LogP contribution in [0.15, 0.2) is 11.4 Å². The Bertz CT molecular complexity index is 402. The number of methoxy groups -OCH3 is 1. The number of aliphatic carboxylic acids is 1. The van der Waals surface area contributed by atoms with E-state index in [-0.39, 0.29) is 12.5 Å². The van der Waals surface area contributed by atoms with Gasteiger partial charge in [0.25, 0.3) is 5.91 Å². The largest absolute Gasteiger partial charge is 0.495 e. The Morgan fingerprint density at radius 1 is 1.59 bits per heavy atom. The maximum absolute atomic E-state index is 11.8. The summed E-state index contributed by atoms with van der Waals surface area (Å²) in [5.41, 5.74) is 0. The van der Waals surface area contributed by atoms with Crippen molar-refractivity contribution in [2.75, 3.05) is 13.7 Å². The molecule has 1 heterocycles. The van der Waals surface area contributed by atoms with Gasteiger partial charge in [-0.25, -0.2) is 0 Å². The minimum atomic E-state index is -0.897. The molecule has 6 heteroatoms. The summed E-state index contributed by atoms with van der Waals surface area (Å²) < 4.78 is 5.02. The average molecular weight is 257 g/mol. The summed E-state index contributed by atoms with van der Waals surface area (Å²) in [4.78, 5) is 23.0. The van der Waals surface area contributed by atoms with E-state index in [4.69, 9.17) is 9.84 Å². The minimum Gasteiger partial charge on any atom is -0.495 e. The van der Waals surface area contributed by atoms with E-state index >= 15 is 0 Å². The molecular formula is C11H15NO4S. The number of carbonyl (C=O) groups excluding carboxylic acids is 1. The van der Waals surface area contributed by atoms with Crippen molar-refractivity contribution in [3.05, 3.63) is 16.3 Å². The van der Waals surface area contributed by atoms with Gasteiger partial charge in [0, 0.05) is 6.54 Å². The second kappa shape index (κ2) is 6.24. The van der Waals surface area contributed by atoms with E-state index in [2.05, 4.69) is 5.32 Å². The summed E-state index contributed by atoms with van der Waals surface area (Å²) in [6, 6.07) is 1.70. The van der Waals surface area contributed by atoms with Gasteiger partial charge in [-0.15, -0.1) is 11.3 Å². The molecule has 0 aliphatic heterocycles. The van der Waals surface area contributed by atoms with E-state index < -0.39 is 11.9 Å². The highest BCUT2D eigenvalue weighted by Gasteiger charge is 2.18. The van der Waals surface area contributed by atoms with Gasteiger partial charge in [-0.3, -0.25) is 9.59 Å². The molecule has 1 aromatic heterocycles. The fourth-order valence-electron chi connectivity index (χ4n) is 1.33. The maximum atomic E-state index is 11.8. The normalized spacial score (nSPS) is 11.9. The number of nitrogens with one attached hydrogen (secondary N) is 1. The van der Waals surface area contributed by atoms with Crippen molar-refractivity contribution in [2.24, 2.45) is 5.92 Å². The first-order valence-corrected chi connectivity index (χ1v) is 6.10. The Kier molecular flexibility index (Phi) is 4.96. The first-order chi connectivity index (χ1) is 8.10. The van der Waals surface area contributed by atoms with Gasteiger partial charge >= 0.3 is 5.97 Å². The Hall–Kier alpha value is -1.56. The van der Waals surface area contributed by atoms with E-state index in [0.29, 0.717) is 17.0 Å². The zero-order valence-electron chi connectivity index (χ0n) is 9.73. The van der Waals surface area contributed by atoms with Gasteiger partial charge in [-0.05, 0) is 17.9 Å². The summed E-state index contributed by atoms with van der Waals surface area (Å²) in [6.45, 7) is 1.91. The van der Waals surface area contributed by atoms with E-state index in [1.54, 1.807) is 18.4 Å². The standard InChI is InChI=1S/C11H15NO4S/c1-3-7(11(14)15)6-12-10(13)9-8(16-2)4-5-17-9/h4-5,7H,3,6H2,1-2H3,(H,12,13)(H,14,15).